The maximum atomic E-state index is 2.61. The summed E-state index contributed by atoms with van der Waals surface area (Å²) in [4.78, 5) is 0. The molecule has 0 unspecified atom stereocenters. The van der Waals surface area contributed by atoms with Gasteiger partial charge >= 0.3 is 321 Å². The van der Waals surface area contributed by atoms with Gasteiger partial charge in [0.15, 0.2) is 0 Å². The third-order valence-corrected chi connectivity index (χ3v) is 19.4. The average Bonchev–Trinajstić information content (AvgIpc) is 3.74. The quantitative estimate of drug-likeness (QED) is 0.168. The molecule has 2 aliphatic rings. The fourth-order valence-corrected chi connectivity index (χ4v) is 17.8. The van der Waals surface area contributed by atoms with Gasteiger partial charge in [0.2, 0.25) is 0 Å². The zero-order chi connectivity index (χ0) is 36.0. The Hall–Kier alpha value is -3.87. The Labute approximate surface area is 343 Å². The summed E-state index contributed by atoms with van der Waals surface area (Å²) in [7, 11) is 0. The van der Waals surface area contributed by atoms with Crippen molar-refractivity contribution in [3.8, 4) is 11.1 Å². The first-order valence-electron chi connectivity index (χ1n) is 18.8. The first-order chi connectivity index (χ1) is 25.1. The first-order valence-corrected chi connectivity index (χ1v) is 22.6. The third-order valence-electron chi connectivity index (χ3n) is 11.0. The second kappa shape index (κ2) is 16.1. The van der Waals surface area contributed by atoms with E-state index in [9.17, 15) is 0 Å². The Morgan fingerprint density at radius 1 is 0.500 bits per heavy atom. The maximum absolute atomic E-state index is 3.11. The van der Waals surface area contributed by atoms with Gasteiger partial charge in [-0.25, -0.2) is 0 Å². The van der Waals surface area contributed by atoms with Crippen molar-refractivity contribution in [3.05, 3.63) is 212 Å². The molecule has 0 N–H and O–H groups in total. The van der Waals surface area contributed by atoms with Gasteiger partial charge in [-0.15, -0.1) is 0 Å². The number of allylic oxidation sites excluding steroid dienone is 4. The van der Waals surface area contributed by atoms with E-state index in [2.05, 4.69) is 205 Å². The van der Waals surface area contributed by atoms with Crippen molar-refractivity contribution in [1.29, 1.82) is 0 Å². The number of fused-ring (bicyclic) bond motifs is 3. The molecule has 6 aromatic rings. The van der Waals surface area contributed by atoms with Gasteiger partial charge in [0.05, 0.1) is 0 Å². The molecule has 0 spiro atoms. The summed E-state index contributed by atoms with van der Waals surface area (Å²) in [5.74, 6) is 0. The molecule has 0 radical (unpaired) electrons. The van der Waals surface area contributed by atoms with E-state index >= 15 is 0 Å². The number of benzene rings is 6. The average molecular weight is 823 g/mol. The van der Waals surface area contributed by atoms with E-state index in [1.165, 1.54) is 66.8 Å². The molecule has 270 valence electrons. The van der Waals surface area contributed by atoms with Crippen LogP contribution in [0.15, 0.2) is 167 Å². The van der Waals surface area contributed by atoms with Crippen LogP contribution in [0.5, 0.6) is 0 Å². The van der Waals surface area contributed by atoms with Gasteiger partial charge < -0.3 is 24.8 Å². The van der Waals surface area contributed by atoms with Crippen LogP contribution in [0.3, 0.4) is 0 Å². The second-order valence-corrected chi connectivity index (χ2v) is 22.7. The van der Waals surface area contributed by atoms with Crippen LogP contribution in [0.25, 0.3) is 22.3 Å². The van der Waals surface area contributed by atoms with Crippen LogP contribution in [0, 0.1) is 0 Å². The van der Waals surface area contributed by atoms with Crippen LogP contribution in [0.2, 0.25) is 0 Å². The van der Waals surface area contributed by atoms with E-state index in [1.807, 2.05) is 0 Å². The van der Waals surface area contributed by atoms with Gasteiger partial charge in [0.25, 0.3) is 0 Å². The number of hydrogen-bond acceptors (Lipinski definition) is 0. The van der Waals surface area contributed by atoms with Crippen LogP contribution >= 0.6 is 0 Å². The Morgan fingerprint density at radius 3 is 1.33 bits per heavy atom. The molecule has 0 saturated carbocycles. The Balaban J connectivity index is 0.00000249. The molecule has 0 aliphatic heterocycles. The summed E-state index contributed by atoms with van der Waals surface area (Å²) in [6.07, 6.45) is 3.52. The molecule has 0 atom stereocenters. The van der Waals surface area contributed by atoms with E-state index in [1.54, 1.807) is 6.49 Å². The third kappa shape index (κ3) is 7.66. The topological polar surface area (TPSA) is 0 Å². The summed E-state index contributed by atoms with van der Waals surface area (Å²) in [6.45, 7) is 14.2. The van der Waals surface area contributed by atoms with E-state index in [4.69, 9.17) is 0 Å². The molecular formula is C51H48Cl2Zr. The maximum Gasteiger partial charge on any atom is -1.00 e. The van der Waals surface area contributed by atoms with Gasteiger partial charge in [0.1, 0.15) is 0 Å². The molecule has 0 nitrogen and oxygen atoms in total. The molecule has 6 aromatic carbocycles. The number of rotatable bonds is 6. The molecule has 0 amide bonds. The van der Waals surface area contributed by atoms with Gasteiger partial charge in [0, 0.05) is 0 Å². The molecule has 0 bridgehead atoms. The molecule has 8 rings (SSSR count). The van der Waals surface area contributed by atoms with E-state index < -0.39 is 21.3 Å². The minimum Gasteiger partial charge on any atom is -1.00 e. The van der Waals surface area contributed by atoms with Crippen LogP contribution in [-0.4, -0.2) is 3.21 Å². The fourth-order valence-electron chi connectivity index (χ4n) is 8.21. The minimum absolute atomic E-state index is 0. The number of hydrogen-bond donors (Lipinski definition) is 0. The van der Waals surface area contributed by atoms with Crippen LogP contribution < -0.4 is 24.8 Å². The summed E-state index contributed by atoms with van der Waals surface area (Å²) in [6, 6.07) is 60.0. The Kier molecular flexibility index (Phi) is 11.9. The normalized spacial score (nSPS) is 13.5. The zero-order valence-electron chi connectivity index (χ0n) is 32.1. The predicted molar refractivity (Wildman–Crippen MR) is 220 cm³/mol. The molecule has 2 aliphatic carbocycles. The zero-order valence-corrected chi connectivity index (χ0v) is 36.1. The summed E-state index contributed by atoms with van der Waals surface area (Å²) < 4.78 is 3.58. The molecule has 0 aromatic heterocycles. The predicted octanol–water partition coefficient (Wildman–Crippen LogP) is 7.15. The van der Waals surface area contributed by atoms with E-state index in [0.717, 1.165) is 6.42 Å². The van der Waals surface area contributed by atoms with Gasteiger partial charge in [-0.3, -0.25) is 0 Å². The second-order valence-electron chi connectivity index (χ2n) is 16.5. The van der Waals surface area contributed by atoms with Crippen molar-refractivity contribution in [2.45, 2.75) is 62.4 Å². The molecule has 54 heavy (non-hydrogen) atoms. The standard InChI is InChI=1S/C21H25.C17H13.C13H10.2ClH.Zr/c1-20(2,3)16-7-9-18-14(12-16)11-15-13-17(21(4,5)6)8-10-19(15)18;1-3-7-14(8-4-1)16-11-12-17(13-16)15-9-5-2-6-10-15;1-3-7-12(8-4-1)11-13-9-5-2-6-10-13;;;/h7-13H,1-6H3;1-10,13H,11H2;1-10H;2*1H;/q;;;;;+2/p-2. The Morgan fingerprint density at radius 2 is 0.907 bits per heavy atom. The SMILES string of the molecule is CC(C)(C)c1ccc2c(c1)[CH]([Zr+2]([C]1=C(c3ccccc3)C=C(c3ccccc3)C1)=[C](c1ccccc1)c1ccccc1)c1cc(C(C)(C)C)ccc1-2.[Cl-].[Cl-]. The minimum atomic E-state index is -3.11. The molecular weight excluding hydrogens is 775 g/mol. The number of halogens is 2. The van der Waals surface area contributed by atoms with Gasteiger partial charge in [-0.05, 0) is 0 Å². The van der Waals surface area contributed by atoms with E-state index in [0.29, 0.717) is 3.63 Å². The van der Waals surface area contributed by atoms with Crippen LogP contribution in [0.4, 0.5) is 0 Å². The summed E-state index contributed by atoms with van der Waals surface area (Å²) in [5.41, 5.74) is 17.1. The van der Waals surface area contributed by atoms with Crippen molar-refractivity contribution in [2.24, 2.45) is 0 Å². The van der Waals surface area contributed by atoms with Crippen LogP contribution in [-0.2, 0) is 32.1 Å². The van der Waals surface area contributed by atoms with E-state index in [-0.39, 0.29) is 35.6 Å². The van der Waals surface area contributed by atoms with Gasteiger partial charge in [-0.1, -0.05) is 0 Å². The summed E-state index contributed by atoms with van der Waals surface area (Å²) >= 11 is -3.11. The summed E-state index contributed by atoms with van der Waals surface area (Å²) in [5, 5.41) is 0. The monoisotopic (exact) mass is 820 g/mol. The molecule has 0 heterocycles. The van der Waals surface area contributed by atoms with Crippen LogP contribution in [0.1, 0.15) is 96.1 Å². The van der Waals surface area contributed by atoms with Crippen molar-refractivity contribution in [1.82, 2.24) is 0 Å². The molecule has 0 saturated heterocycles. The van der Waals surface area contributed by atoms with Crippen molar-refractivity contribution in [2.75, 3.05) is 0 Å². The van der Waals surface area contributed by atoms with Gasteiger partial charge in [-0.2, -0.15) is 0 Å². The van der Waals surface area contributed by atoms with Crippen molar-refractivity contribution >= 4 is 14.4 Å². The Bertz CT molecular complexity index is 2250. The molecule has 3 heteroatoms. The van der Waals surface area contributed by atoms with Crippen molar-refractivity contribution < 1.29 is 46.1 Å². The molecule has 0 fully saturated rings. The van der Waals surface area contributed by atoms with Crippen molar-refractivity contribution in [3.63, 3.8) is 0 Å². The smallest absolute Gasteiger partial charge is 1.00 e. The fraction of sp³-hybridized carbons (Fsp3) is 0.196. The first kappa shape index (κ1) is 39.8. The largest absolute Gasteiger partial charge is 1.00 e.